The standard InChI is InChI=1S/C19H22ClO3P.Li/c1-13(2)10-11-23-14-8-9-18(16(20)12-14)24-19(21)15-6-4-5-7-17(15)22-3;/h4-9,12-13,24H,10-11H2,1-3H3;/q;+1. The van der Waals surface area contributed by atoms with Crippen LogP contribution in [0.2, 0.25) is 5.02 Å². The van der Waals surface area contributed by atoms with E-state index in [9.17, 15) is 4.79 Å². The van der Waals surface area contributed by atoms with Gasteiger partial charge in [0, 0.05) is 0 Å². The maximum atomic E-state index is 12.5. The van der Waals surface area contributed by atoms with Gasteiger partial charge in [0.15, 0.2) is 5.52 Å². The molecule has 25 heavy (non-hydrogen) atoms. The van der Waals surface area contributed by atoms with E-state index in [2.05, 4.69) is 13.8 Å². The number of hydrogen-bond acceptors (Lipinski definition) is 3. The Kier molecular flexibility index (Phi) is 9.62. The van der Waals surface area contributed by atoms with Crippen LogP contribution < -0.4 is 33.6 Å². The molecule has 0 aliphatic heterocycles. The fourth-order valence-corrected chi connectivity index (χ4v) is 3.38. The van der Waals surface area contributed by atoms with E-state index in [0.717, 1.165) is 17.5 Å². The SMILES string of the molecule is COc1ccccc1C(=O)Pc1ccc(OCCC(C)C)cc1Cl.[Li+]. The van der Waals surface area contributed by atoms with Gasteiger partial charge in [-0.1, -0.05) is 37.6 Å². The van der Waals surface area contributed by atoms with E-state index in [1.165, 1.54) is 0 Å². The van der Waals surface area contributed by atoms with Crippen LogP contribution in [0.25, 0.3) is 0 Å². The molecule has 0 heterocycles. The molecule has 128 valence electrons. The summed E-state index contributed by atoms with van der Waals surface area (Å²) in [5, 5.41) is 1.36. The third kappa shape index (κ3) is 6.68. The summed E-state index contributed by atoms with van der Waals surface area (Å²) in [5.41, 5.74) is 0.578. The zero-order valence-electron chi connectivity index (χ0n) is 15.1. The zero-order chi connectivity index (χ0) is 17.5. The van der Waals surface area contributed by atoms with Crippen molar-refractivity contribution >= 4 is 31.0 Å². The van der Waals surface area contributed by atoms with Gasteiger partial charge in [-0.3, -0.25) is 4.79 Å². The van der Waals surface area contributed by atoms with E-state index in [-0.39, 0.29) is 33.0 Å². The van der Waals surface area contributed by atoms with E-state index in [4.69, 9.17) is 21.1 Å². The summed E-state index contributed by atoms with van der Waals surface area (Å²) in [6.07, 6.45) is 0.993. The summed E-state index contributed by atoms with van der Waals surface area (Å²) in [6, 6.07) is 12.7. The minimum absolute atomic E-state index is 0. The molecule has 0 aromatic heterocycles. The molecule has 0 spiro atoms. The van der Waals surface area contributed by atoms with Crippen LogP contribution in [0.5, 0.6) is 11.5 Å². The van der Waals surface area contributed by atoms with Gasteiger partial charge in [0.25, 0.3) is 0 Å². The fourth-order valence-electron chi connectivity index (χ4n) is 2.12. The van der Waals surface area contributed by atoms with E-state index >= 15 is 0 Å². The smallest absolute Gasteiger partial charge is 0.496 e. The van der Waals surface area contributed by atoms with Gasteiger partial charge in [-0.05, 0) is 56.6 Å². The molecule has 0 aliphatic rings. The van der Waals surface area contributed by atoms with Crippen molar-refractivity contribution in [1.82, 2.24) is 0 Å². The van der Waals surface area contributed by atoms with Gasteiger partial charge >= 0.3 is 18.9 Å². The van der Waals surface area contributed by atoms with Crippen molar-refractivity contribution in [3.05, 3.63) is 53.1 Å². The number of carbonyl (C=O) groups excluding carboxylic acids is 1. The zero-order valence-corrected chi connectivity index (χ0v) is 16.9. The summed E-state index contributed by atoms with van der Waals surface area (Å²) >= 11 is 6.32. The molecule has 0 N–H and O–H groups in total. The van der Waals surface area contributed by atoms with E-state index in [1.54, 1.807) is 25.3 Å². The molecule has 2 aromatic rings. The van der Waals surface area contributed by atoms with E-state index in [0.29, 0.717) is 28.9 Å². The average molecular weight is 372 g/mol. The molecule has 1 atom stereocenters. The van der Waals surface area contributed by atoms with Gasteiger partial charge in [-0.15, -0.1) is 0 Å². The first-order valence-corrected chi connectivity index (χ1v) is 9.25. The molecular formula is C19H22ClLiO3P+. The Hall–Kier alpha value is -0.973. The Morgan fingerprint density at radius 2 is 1.92 bits per heavy atom. The van der Waals surface area contributed by atoms with Crippen molar-refractivity contribution in [2.24, 2.45) is 5.92 Å². The van der Waals surface area contributed by atoms with Crippen LogP contribution in [-0.4, -0.2) is 19.2 Å². The molecule has 0 fully saturated rings. The first kappa shape index (κ1) is 22.1. The molecular weight excluding hydrogens is 350 g/mol. The predicted octanol–water partition coefficient (Wildman–Crippen LogP) is 1.92. The van der Waals surface area contributed by atoms with Crippen molar-refractivity contribution in [2.45, 2.75) is 20.3 Å². The number of halogens is 1. The van der Waals surface area contributed by atoms with E-state index < -0.39 is 0 Å². The van der Waals surface area contributed by atoms with Crippen molar-refractivity contribution in [3.63, 3.8) is 0 Å². The third-order valence-electron chi connectivity index (χ3n) is 3.50. The molecule has 0 amide bonds. The third-order valence-corrected chi connectivity index (χ3v) is 5.18. The number of methoxy groups -OCH3 is 1. The fraction of sp³-hybridized carbons (Fsp3) is 0.316. The van der Waals surface area contributed by atoms with Crippen molar-refractivity contribution in [1.29, 1.82) is 0 Å². The molecule has 2 rings (SSSR count). The van der Waals surface area contributed by atoms with Gasteiger partial charge in [0.1, 0.15) is 11.5 Å². The Morgan fingerprint density at radius 1 is 1.20 bits per heavy atom. The van der Waals surface area contributed by atoms with Crippen LogP contribution in [0, 0.1) is 5.92 Å². The minimum Gasteiger partial charge on any atom is -0.496 e. The second-order valence-electron chi connectivity index (χ2n) is 5.83. The molecule has 3 nitrogen and oxygen atoms in total. The van der Waals surface area contributed by atoms with Gasteiger partial charge in [0.2, 0.25) is 0 Å². The topological polar surface area (TPSA) is 35.5 Å². The number of para-hydroxylation sites is 1. The van der Waals surface area contributed by atoms with Crippen LogP contribution >= 0.6 is 20.2 Å². The number of benzene rings is 2. The largest absolute Gasteiger partial charge is 1.00 e. The van der Waals surface area contributed by atoms with Crippen LogP contribution in [0.1, 0.15) is 30.6 Å². The molecule has 0 aliphatic carbocycles. The maximum Gasteiger partial charge on any atom is 1.00 e. The molecule has 6 heteroatoms. The van der Waals surface area contributed by atoms with Gasteiger partial charge in [-0.25, -0.2) is 0 Å². The maximum absolute atomic E-state index is 12.5. The quantitative estimate of drug-likeness (QED) is 0.525. The van der Waals surface area contributed by atoms with Gasteiger partial charge in [-0.2, -0.15) is 0 Å². The summed E-state index contributed by atoms with van der Waals surface area (Å²) in [7, 11) is 1.50. The summed E-state index contributed by atoms with van der Waals surface area (Å²) in [6.45, 7) is 4.98. The van der Waals surface area contributed by atoms with Gasteiger partial charge < -0.3 is 9.47 Å². The number of ether oxygens (including phenoxy) is 2. The van der Waals surface area contributed by atoms with Crippen LogP contribution in [0.3, 0.4) is 0 Å². The normalized spacial score (nSPS) is 10.8. The number of hydrogen-bond donors (Lipinski definition) is 0. The Balaban J connectivity index is 0.00000312. The average Bonchev–Trinajstić information content (AvgIpc) is 2.56. The summed E-state index contributed by atoms with van der Waals surface area (Å²) in [4.78, 5) is 12.5. The van der Waals surface area contributed by atoms with Crippen molar-refractivity contribution < 1.29 is 33.1 Å². The summed E-state index contributed by atoms with van der Waals surface area (Å²) in [5.74, 6) is 1.92. The molecule has 2 aromatic carbocycles. The second kappa shape index (κ2) is 10.9. The second-order valence-corrected chi connectivity index (χ2v) is 7.48. The van der Waals surface area contributed by atoms with Gasteiger partial charge in [0.05, 0.1) is 24.3 Å². The minimum atomic E-state index is -0.0577. The first-order chi connectivity index (χ1) is 11.5. The summed E-state index contributed by atoms with van der Waals surface area (Å²) < 4.78 is 10.9. The number of rotatable bonds is 8. The molecule has 0 saturated carbocycles. The number of carbonyl (C=O) groups is 1. The van der Waals surface area contributed by atoms with E-state index in [1.807, 2.05) is 24.3 Å². The predicted molar refractivity (Wildman–Crippen MR) is 102 cm³/mol. The first-order valence-electron chi connectivity index (χ1n) is 7.88. The molecule has 0 saturated heterocycles. The molecule has 0 radical (unpaired) electrons. The van der Waals surface area contributed by atoms with Crippen molar-refractivity contribution in [3.8, 4) is 11.5 Å². The van der Waals surface area contributed by atoms with Crippen LogP contribution in [0.15, 0.2) is 42.5 Å². The Bertz CT molecular complexity index is 707. The monoisotopic (exact) mass is 371 g/mol. The van der Waals surface area contributed by atoms with Crippen molar-refractivity contribution in [2.75, 3.05) is 13.7 Å². The molecule has 0 bridgehead atoms. The molecule has 1 unspecified atom stereocenters. The Morgan fingerprint density at radius 3 is 2.56 bits per heavy atom. The Labute approximate surface area is 168 Å². The van der Waals surface area contributed by atoms with Crippen LogP contribution in [0.4, 0.5) is 0 Å². The van der Waals surface area contributed by atoms with Crippen LogP contribution in [-0.2, 0) is 0 Å².